The van der Waals surface area contributed by atoms with Gasteiger partial charge in [-0.25, -0.2) is 0 Å². The van der Waals surface area contributed by atoms with Crippen LogP contribution in [0.4, 0.5) is 5.69 Å². The first-order valence-electron chi connectivity index (χ1n) is 8.69. The third-order valence-corrected chi connectivity index (χ3v) is 4.32. The summed E-state index contributed by atoms with van der Waals surface area (Å²) in [4.78, 5) is 12.6. The van der Waals surface area contributed by atoms with Crippen molar-refractivity contribution in [2.24, 2.45) is 0 Å². The van der Waals surface area contributed by atoms with E-state index in [9.17, 15) is 4.79 Å². The Morgan fingerprint density at radius 3 is 2.48 bits per heavy atom. The number of nitrogens with one attached hydrogen (secondary N) is 1. The van der Waals surface area contributed by atoms with Crippen LogP contribution in [0.1, 0.15) is 27.3 Å². The Balaban J connectivity index is 1.63. The molecule has 2 heterocycles. The van der Waals surface area contributed by atoms with Crippen LogP contribution in [0, 0.1) is 20.8 Å². The van der Waals surface area contributed by atoms with Gasteiger partial charge in [-0.15, -0.1) is 10.2 Å². The average Bonchev–Trinajstić information content (AvgIpc) is 3.01. The quantitative estimate of drug-likeness (QED) is 0.602. The number of anilines is 1. The second kappa shape index (κ2) is 6.64. The van der Waals surface area contributed by atoms with Crippen LogP contribution in [-0.4, -0.2) is 25.7 Å². The van der Waals surface area contributed by atoms with E-state index < -0.39 is 0 Å². The minimum Gasteiger partial charge on any atom is -0.322 e. The SMILES string of the molecule is Cc1cc(C)cc(C(=O)Nc2cccc(-c3ccc4nnc(C)n4n3)c2)c1. The molecular formula is C21H19N5O. The van der Waals surface area contributed by atoms with Gasteiger partial charge in [-0.1, -0.05) is 29.3 Å². The maximum atomic E-state index is 12.6. The first-order chi connectivity index (χ1) is 13.0. The zero-order valence-corrected chi connectivity index (χ0v) is 15.4. The van der Waals surface area contributed by atoms with Crippen molar-refractivity contribution >= 4 is 17.2 Å². The highest BCUT2D eigenvalue weighted by Gasteiger charge is 2.10. The van der Waals surface area contributed by atoms with E-state index in [1.54, 1.807) is 4.52 Å². The summed E-state index contributed by atoms with van der Waals surface area (Å²) in [7, 11) is 0. The fourth-order valence-electron chi connectivity index (χ4n) is 3.12. The van der Waals surface area contributed by atoms with Crippen molar-refractivity contribution in [2.75, 3.05) is 5.32 Å². The molecule has 0 bridgehead atoms. The molecular weight excluding hydrogens is 338 g/mol. The van der Waals surface area contributed by atoms with Crippen LogP contribution in [-0.2, 0) is 0 Å². The van der Waals surface area contributed by atoms with Gasteiger partial charge in [-0.2, -0.15) is 9.61 Å². The molecule has 4 rings (SSSR count). The molecule has 0 radical (unpaired) electrons. The van der Waals surface area contributed by atoms with Gasteiger partial charge >= 0.3 is 0 Å². The molecule has 6 heteroatoms. The Bertz CT molecular complexity index is 1140. The van der Waals surface area contributed by atoms with Crippen molar-refractivity contribution in [3.05, 3.63) is 77.1 Å². The van der Waals surface area contributed by atoms with Gasteiger partial charge in [0.2, 0.25) is 0 Å². The van der Waals surface area contributed by atoms with Gasteiger partial charge in [-0.05, 0) is 57.2 Å². The molecule has 0 fully saturated rings. The molecule has 0 spiro atoms. The van der Waals surface area contributed by atoms with Crippen molar-refractivity contribution in [2.45, 2.75) is 20.8 Å². The topological polar surface area (TPSA) is 72.2 Å². The fourth-order valence-corrected chi connectivity index (χ4v) is 3.12. The summed E-state index contributed by atoms with van der Waals surface area (Å²) in [6, 6.07) is 17.2. The molecule has 0 atom stereocenters. The summed E-state index contributed by atoms with van der Waals surface area (Å²) >= 11 is 0. The molecule has 1 amide bonds. The minimum absolute atomic E-state index is 0.128. The molecule has 0 aliphatic rings. The van der Waals surface area contributed by atoms with E-state index in [4.69, 9.17) is 0 Å². The molecule has 2 aromatic carbocycles. The molecule has 27 heavy (non-hydrogen) atoms. The molecule has 134 valence electrons. The van der Waals surface area contributed by atoms with E-state index in [0.29, 0.717) is 11.2 Å². The molecule has 0 aliphatic carbocycles. The van der Waals surface area contributed by atoms with Crippen molar-refractivity contribution in [3.63, 3.8) is 0 Å². The molecule has 0 aliphatic heterocycles. The molecule has 0 unspecified atom stereocenters. The maximum absolute atomic E-state index is 12.6. The van der Waals surface area contributed by atoms with E-state index in [2.05, 4.69) is 20.6 Å². The van der Waals surface area contributed by atoms with E-state index in [-0.39, 0.29) is 5.91 Å². The number of carbonyl (C=O) groups excluding carboxylic acids is 1. The van der Waals surface area contributed by atoms with Crippen LogP contribution in [0.3, 0.4) is 0 Å². The van der Waals surface area contributed by atoms with Gasteiger partial charge in [0.15, 0.2) is 11.5 Å². The zero-order valence-electron chi connectivity index (χ0n) is 15.4. The van der Waals surface area contributed by atoms with Gasteiger partial charge < -0.3 is 5.32 Å². The van der Waals surface area contributed by atoms with Gasteiger partial charge in [0.1, 0.15) is 0 Å². The number of aromatic nitrogens is 4. The second-order valence-electron chi connectivity index (χ2n) is 6.65. The van der Waals surface area contributed by atoms with E-state index in [0.717, 1.165) is 33.9 Å². The number of hydrogen-bond donors (Lipinski definition) is 1. The average molecular weight is 357 g/mol. The van der Waals surface area contributed by atoms with E-state index in [1.807, 2.05) is 75.4 Å². The van der Waals surface area contributed by atoms with Crippen molar-refractivity contribution in [3.8, 4) is 11.3 Å². The number of benzene rings is 2. The Hall–Kier alpha value is -3.54. The lowest BCUT2D eigenvalue weighted by Crippen LogP contribution is -2.12. The zero-order chi connectivity index (χ0) is 19.0. The molecule has 2 aromatic heterocycles. The Morgan fingerprint density at radius 1 is 0.926 bits per heavy atom. The maximum Gasteiger partial charge on any atom is 0.255 e. The number of rotatable bonds is 3. The first kappa shape index (κ1) is 16.9. The Morgan fingerprint density at radius 2 is 1.70 bits per heavy atom. The first-order valence-corrected chi connectivity index (χ1v) is 8.69. The van der Waals surface area contributed by atoms with Crippen LogP contribution in [0.25, 0.3) is 16.9 Å². The lowest BCUT2D eigenvalue weighted by Gasteiger charge is -2.09. The lowest BCUT2D eigenvalue weighted by atomic mass is 10.1. The van der Waals surface area contributed by atoms with Crippen LogP contribution in [0.15, 0.2) is 54.6 Å². The third-order valence-electron chi connectivity index (χ3n) is 4.32. The number of fused-ring (bicyclic) bond motifs is 1. The number of amides is 1. The normalized spacial score (nSPS) is 10.9. The summed E-state index contributed by atoms with van der Waals surface area (Å²) in [5.74, 6) is 0.600. The highest BCUT2D eigenvalue weighted by Crippen LogP contribution is 2.22. The van der Waals surface area contributed by atoms with Gasteiger partial charge in [0.05, 0.1) is 5.69 Å². The summed E-state index contributed by atoms with van der Waals surface area (Å²) in [6.45, 7) is 5.83. The van der Waals surface area contributed by atoms with Gasteiger partial charge in [0, 0.05) is 16.8 Å². The number of nitrogens with zero attached hydrogens (tertiary/aromatic N) is 4. The Labute approximate surface area is 156 Å². The summed E-state index contributed by atoms with van der Waals surface area (Å²) in [6.07, 6.45) is 0. The van der Waals surface area contributed by atoms with Crippen LogP contribution < -0.4 is 5.32 Å². The van der Waals surface area contributed by atoms with Crippen molar-refractivity contribution < 1.29 is 4.79 Å². The predicted octanol–water partition coefficient (Wildman–Crippen LogP) is 3.97. The van der Waals surface area contributed by atoms with Crippen LogP contribution in [0.5, 0.6) is 0 Å². The highest BCUT2D eigenvalue weighted by atomic mass is 16.1. The molecule has 6 nitrogen and oxygen atoms in total. The van der Waals surface area contributed by atoms with Crippen LogP contribution in [0.2, 0.25) is 0 Å². The number of aryl methyl sites for hydroxylation is 3. The van der Waals surface area contributed by atoms with Gasteiger partial charge in [0.25, 0.3) is 5.91 Å². The standard InChI is InChI=1S/C21H19N5O/c1-13-9-14(2)11-17(10-13)21(27)22-18-6-4-5-16(12-18)19-7-8-20-24-23-15(3)26(20)25-19/h4-12H,1-3H3,(H,22,27). The van der Waals surface area contributed by atoms with E-state index >= 15 is 0 Å². The van der Waals surface area contributed by atoms with Crippen molar-refractivity contribution in [1.82, 2.24) is 19.8 Å². The number of hydrogen-bond acceptors (Lipinski definition) is 4. The minimum atomic E-state index is -0.128. The predicted molar refractivity (Wildman–Crippen MR) is 105 cm³/mol. The van der Waals surface area contributed by atoms with E-state index in [1.165, 1.54) is 0 Å². The Kier molecular flexibility index (Phi) is 4.16. The largest absolute Gasteiger partial charge is 0.322 e. The number of carbonyl (C=O) groups is 1. The van der Waals surface area contributed by atoms with Gasteiger partial charge in [-0.3, -0.25) is 4.79 Å². The summed E-state index contributed by atoms with van der Waals surface area (Å²) in [5, 5.41) is 15.6. The molecule has 0 saturated heterocycles. The third kappa shape index (κ3) is 3.42. The summed E-state index contributed by atoms with van der Waals surface area (Å²) < 4.78 is 1.70. The lowest BCUT2D eigenvalue weighted by molar-refractivity contribution is 0.102. The monoisotopic (exact) mass is 357 g/mol. The molecule has 1 N–H and O–H groups in total. The highest BCUT2D eigenvalue weighted by molar-refractivity contribution is 6.04. The van der Waals surface area contributed by atoms with Crippen molar-refractivity contribution in [1.29, 1.82) is 0 Å². The van der Waals surface area contributed by atoms with Crippen LogP contribution >= 0.6 is 0 Å². The summed E-state index contributed by atoms with van der Waals surface area (Å²) in [5.41, 5.74) is 5.90. The fraction of sp³-hybridized carbons (Fsp3) is 0.143. The molecule has 4 aromatic rings. The smallest absolute Gasteiger partial charge is 0.255 e. The second-order valence-corrected chi connectivity index (χ2v) is 6.65. The molecule has 0 saturated carbocycles.